The maximum Gasteiger partial charge on any atom is 0.101 e. The first-order valence-corrected chi connectivity index (χ1v) is 5.60. The summed E-state index contributed by atoms with van der Waals surface area (Å²) in [7, 11) is 0. The molecule has 3 nitrogen and oxygen atoms in total. The first-order valence-electron chi connectivity index (χ1n) is 5.60. The van der Waals surface area contributed by atoms with Crippen molar-refractivity contribution in [1.29, 1.82) is 0 Å². The molecule has 1 atom stereocenters. The number of rotatable bonds is 2. The lowest BCUT2D eigenvalue weighted by molar-refractivity contribution is 0.0119. The van der Waals surface area contributed by atoms with Crippen LogP contribution in [0.4, 0.5) is 0 Å². The molecule has 1 aliphatic heterocycles. The molecule has 1 aromatic rings. The Morgan fingerprint density at radius 3 is 2.93 bits per heavy atom. The van der Waals surface area contributed by atoms with Gasteiger partial charge in [0, 0.05) is 12.8 Å². The normalized spacial score (nSPS) is 27.9. The average molecular weight is 192 g/mol. The Morgan fingerprint density at radius 2 is 2.21 bits per heavy atom. The van der Waals surface area contributed by atoms with E-state index in [2.05, 4.69) is 22.0 Å². The predicted octanol–water partition coefficient (Wildman–Crippen LogP) is 2.46. The molecule has 1 unspecified atom stereocenters. The average Bonchev–Trinajstić information content (AvgIpc) is 2.98. The van der Waals surface area contributed by atoms with E-state index >= 15 is 0 Å². The van der Waals surface area contributed by atoms with E-state index in [9.17, 15) is 0 Å². The molecule has 1 aliphatic carbocycles. The van der Waals surface area contributed by atoms with Crippen LogP contribution < -0.4 is 0 Å². The van der Waals surface area contributed by atoms with Gasteiger partial charge in [-0.05, 0) is 38.2 Å². The molecule has 0 bridgehead atoms. The smallest absolute Gasteiger partial charge is 0.101 e. The highest BCUT2D eigenvalue weighted by atomic mass is 16.5. The minimum absolute atomic E-state index is 0.267. The maximum atomic E-state index is 5.70. The second-order valence-corrected chi connectivity index (χ2v) is 4.31. The van der Waals surface area contributed by atoms with Crippen molar-refractivity contribution in [2.45, 2.75) is 44.2 Å². The highest BCUT2D eigenvalue weighted by Crippen LogP contribution is 2.35. The lowest BCUT2D eigenvalue weighted by Gasteiger charge is -2.20. The lowest BCUT2D eigenvalue weighted by Crippen LogP contribution is -2.12. The van der Waals surface area contributed by atoms with Crippen LogP contribution in [0.25, 0.3) is 0 Å². The van der Waals surface area contributed by atoms with Gasteiger partial charge in [-0.15, -0.1) is 0 Å². The van der Waals surface area contributed by atoms with E-state index in [0.717, 1.165) is 18.7 Å². The Hall–Kier alpha value is -0.830. The van der Waals surface area contributed by atoms with Crippen molar-refractivity contribution in [2.75, 3.05) is 6.61 Å². The number of hydrogen-bond donors (Lipinski definition) is 0. The molecular formula is C11H16N2O. The molecule has 1 saturated carbocycles. The summed E-state index contributed by atoms with van der Waals surface area (Å²) in [6, 6.07) is 2.81. The van der Waals surface area contributed by atoms with Crippen LogP contribution in [0.3, 0.4) is 0 Å². The number of ether oxygens (including phenoxy) is 1. The largest absolute Gasteiger partial charge is 0.372 e. The van der Waals surface area contributed by atoms with E-state index in [-0.39, 0.29) is 6.10 Å². The second-order valence-electron chi connectivity index (χ2n) is 4.31. The molecule has 1 saturated heterocycles. The number of aromatic nitrogens is 2. The van der Waals surface area contributed by atoms with Crippen LogP contribution in [0.2, 0.25) is 0 Å². The van der Waals surface area contributed by atoms with Gasteiger partial charge in [-0.25, -0.2) is 0 Å². The van der Waals surface area contributed by atoms with Crippen LogP contribution >= 0.6 is 0 Å². The van der Waals surface area contributed by atoms with Gasteiger partial charge in [-0.3, -0.25) is 4.68 Å². The highest BCUT2D eigenvalue weighted by Gasteiger charge is 2.26. The summed E-state index contributed by atoms with van der Waals surface area (Å²) in [5.41, 5.74) is 1.14. The monoisotopic (exact) mass is 192 g/mol. The van der Waals surface area contributed by atoms with E-state index < -0.39 is 0 Å². The van der Waals surface area contributed by atoms with Crippen LogP contribution in [0, 0.1) is 0 Å². The molecule has 2 heterocycles. The number of nitrogens with zero attached hydrogens (tertiary/aromatic N) is 2. The lowest BCUT2D eigenvalue weighted by atomic mass is 10.1. The number of hydrogen-bond acceptors (Lipinski definition) is 2. The fourth-order valence-electron chi connectivity index (χ4n) is 2.04. The highest BCUT2D eigenvalue weighted by molar-refractivity contribution is 5.05. The van der Waals surface area contributed by atoms with Crippen molar-refractivity contribution < 1.29 is 4.74 Å². The third kappa shape index (κ3) is 1.57. The van der Waals surface area contributed by atoms with Gasteiger partial charge < -0.3 is 4.74 Å². The molecule has 2 fully saturated rings. The zero-order valence-corrected chi connectivity index (χ0v) is 8.35. The molecule has 0 aromatic carbocycles. The van der Waals surface area contributed by atoms with Gasteiger partial charge in [-0.1, -0.05) is 0 Å². The molecule has 14 heavy (non-hydrogen) atoms. The van der Waals surface area contributed by atoms with E-state index in [1.54, 1.807) is 0 Å². The maximum absolute atomic E-state index is 5.70. The Labute approximate surface area is 84.1 Å². The summed E-state index contributed by atoms with van der Waals surface area (Å²) >= 11 is 0. The standard InChI is InChI=1S/C11H16N2O/c1-2-8-14-11(3-1)10-6-7-13(12-10)9-4-5-9/h6-7,9,11H,1-5,8H2. The van der Waals surface area contributed by atoms with Gasteiger partial charge in [0.1, 0.15) is 6.10 Å². The van der Waals surface area contributed by atoms with Gasteiger partial charge in [0.15, 0.2) is 0 Å². The van der Waals surface area contributed by atoms with Crippen LogP contribution in [0.1, 0.15) is 49.9 Å². The van der Waals surface area contributed by atoms with Gasteiger partial charge in [0.25, 0.3) is 0 Å². The first kappa shape index (κ1) is 8.48. The van der Waals surface area contributed by atoms with Gasteiger partial charge in [0.2, 0.25) is 0 Å². The van der Waals surface area contributed by atoms with Crippen molar-refractivity contribution in [3.63, 3.8) is 0 Å². The van der Waals surface area contributed by atoms with E-state index in [4.69, 9.17) is 4.74 Å². The fourth-order valence-corrected chi connectivity index (χ4v) is 2.04. The topological polar surface area (TPSA) is 27.1 Å². The summed E-state index contributed by atoms with van der Waals surface area (Å²) in [6.07, 6.45) is 8.59. The molecule has 0 amide bonds. The van der Waals surface area contributed by atoms with Crippen molar-refractivity contribution in [3.8, 4) is 0 Å². The quantitative estimate of drug-likeness (QED) is 0.719. The molecule has 0 radical (unpaired) electrons. The van der Waals surface area contributed by atoms with Gasteiger partial charge >= 0.3 is 0 Å². The zero-order chi connectivity index (χ0) is 9.38. The minimum atomic E-state index is 0.267. The van der Waals surface area contributed by atoms with Crippen LogP contribution in [0.5, 0.6) is 0 Å². The summed E-state index contributed by atoms with van der Waals surface area (Å²) in [4.78, 5) is 0. The van der Waals surface area contributed by atoms with E-state index in [0.29, 0.717) is 6.04 Å². The Kier molecular flexibility index (Phi) is 2.05. The zero-order valence-electron chi connectivity index (χ0n) is 8.35. The van der Waals surface area contributed by atoms with Crippen molar-refractivity contribution in [2.24, 2.45) is 0 Å². The van der Waals surface area contributed by atoms with E-state index in [1.165, 1.54) is 25.7 Å². The Bertz CT molecular complexity index is 311. The second kappa shape index (κ2) is 3.39. The Morgan fingerprint density at radius 1 is 1.29 bits per heavy atom. The molecule has 3 rings (SSSR count). The summed E-state index contributed by atoms with van der Waals surface area (Å²) in [5.74, 6) is 0. The molecule has 0 spiro atoms. The third-order valence-electron chi connectivity index (χ3n) is 3.06. The summed E-state index contributed by atoms with van der Waals surface area (Å²) < 4.78 is 7.81. The predicted molar refractivity (Wildman–Crippen MR) is 53.0 cm³/mol. The van der Waals surface area contributed by atoms with E-state index in [1.807, 2.05) is 0 Å². The van der Waals surface area contributed by atoms with Crippen LogP contribution in [-0.4, -0.2) is 16.4 Å². The Balaban J connectivity index is 1.74. The molecular weight excluding hydrogens is 176 g/mol. The molecule has 0 N–H and O–H groups in total. The molecule has 2 aliphatic rings. The summed E-state index contributed by atoms with van der Waals surface area (Å²) in [6.45, 7) is 0.904. The molecule has 3 heteroatoms. The van der Waals surface area contributed by atoms with Crippen molar-refractivity contribution in [3.05, 3.63) is 18.0 Å². The van der Waals surface area contributed by atoms with Gasteiger partial charge in [0.05, 0.1) is 11.7 Å². The first-order chi connectivity index (χ1) is 6.93. The van der Waals surface area contributed by atoms with Gasteiger partial charge in [-0.2, -0.15) is 5.10 Å². The third-order valence-corrected chi connectivity index (χ3v) is 3.06. The summed E-state index contributed by atoms with van der Waals surface area (Å²) in [5, 5.41) is 4.59. The van der Waals surface area contributed by atoms with Crippen LogP contribution in [0.15, 0.2) is 12.3 Å². The van der Waals surface area contributed by atoms with Crippen molar-refractivity contribution in [1.82, 2.24) is 9.78 Å². The molecule has 1 aromatic heterocycles. The SMILES string of the molecule is c1cn(C2CC2)nc1C1CCCCO1. The molecule has 76 valence electrons. The van der Waals surface area contributed by atoms with Crippen molar-refractivity contribution >= 4 is 0 Å². The fraction of sp³-hybridized carbons (Fsp3) is 0.727. The van der Waals surface area contributed by atoms with Crippen LogP contribution in [-0.2, 0) is 4.74 Å². The minimum Gasteiger partial charge on any atom is -0.372 e.